The molecule has 0 amide bonds. The van der Waals surface area contributed by atoms with Gasteiger partial charge in [-0.05, 0) is 68.9 Å². The summed E-state index contributed by atoms with van der Waals surface area (Å²) in [5.74, 6) is 0. The van der Waals surface area contributed by atoms with Crippen molar-refractivity contribution < 1.29 is 0 Å². The molecule has 0 aliphatic carbocycles. The molecule has 0 aliphatic rings. The number of thiophene rings is 1. The number of hydrogen-bond acceptors (Lipinski definition) is 2. The molecule has 0 saturated carbocycles. The van der Waals surface area contributed by atoms with Crippen LogP contribution in [0, 0.1) is 0 Å². The number of nitrogens with zero attached hydrogens (tertiary/aromatic N) is 1. The molecule has 1 aromatic heterocycles. The Morgan fingerprint density at radius 1 is 0.308 bits per heavy atom. The number of rotatable bonds is 6. The first-order chi connectivity index (χ1) is 25.8. The van der Waals surface area contributed by atoms with Crippen LogP contribution in [0.15, 0.2) is 200 Å². The van der Waals surface area contributed by atoms with E-state index in [9.17, 15) is 0 Å². The Labute approximate surface area is 307 Å². The Bertz CT molecular complexity index is 2780. The van der Waals surface area contributed by atoms with Gasteiger partial charge < -0.3 is 4.90 Å². The molecule has 10 rings (SSSR count). The fraction of sp³-hybridized carbons (Fsp3) is 0. The lowest BCUT2D eigenvalue weighted by atomic mass is 9.96. The normalized spacial score (nSPS) is 11.5. The topological polar surface area (TPSA) is 3.24 Å². The van der Waals surface area contributed by atoms with E-state index in [1.54, 1.807) is 0 Å². The summed E-state index contributed by atoms with van der Waals surface area (Å²) in [6, 6.07) is 72.8. The fourth-order valence-corrected chi connectivity index (χ4v) is 9.10. The summed E-state index contributed by atoms with van der Waals surface area (Å²) in [6.45, 7) is 0. The van der Waals surface area contributed by atoms with Crippen molar-refractivity contribution in [2.45, 2.75) is 0 Å². The van der Waals surface area contributed by atoms with Crippen molar-refractivity contribution in [1.82, 2.24) is 0 Å². The highest BCUT2D eigenvalue weighted by atomic mass is 32.1. The minimum Gasteiger partial charge on any atom is -0.310 e. The summed E-state index contributed by atoms with van der Waals surface area (Å²) in [6.07, 6.45) is 0. The van der Waals surface area contributed by atoms with Crippen molar-refractivity contribution >= 4 is 70.1 Å². The second-order valence-electron chi connectivity index (χ2n) is 13.3. The molecule has 0 spiro atoms. The summed E-state index contributed by atoms with van der Waals surface area (Å²) in [7, 11) is 0. The third-order valence-electron chi connectivity index (χ3n) is 10.3. The predicted octanol–water partition coefficient (Wildman–Crippen LogP) is 14.8. The van der Waals surface area contributed by atoms with Gasteiger partial charge in [-0.1, -0.05) is 170 Å². The first-order valence-corrected chi connectivity index (χ1v) is 18.6. The lowest BCUT2D eigenvalue weighted by Gasteiger charge is -2.27. The minimum absolute atomic E-state index is 1.12. The fourth-order valence-electron chi connectivity index (χ4n) is 7.75. The lowest BCUT2D eigenvalue weighted by Crippen LogP contribution is -2.10. The highest BCUT2D eigenvalue weighted by Crippen LogP contribution is 2.49. The van der Waals surface area contributed by atoms with Gasteiger partial charge >= 0.3 is 0 Å². The van der Waals surface area contributed by atoms with Crippen molar-refractivity contribution in [2.75, 3.05) is 4.90 Å². The Hall–Kier alpha value is -6.48. The van der Waals surface area contributed by atoms with Crippen LogP contribution in [-0.4, -0.2) is 0 Å². The third-order valence-corrected chi connectivity index (χ3v) is 11.6. The standard InChI is InChI=1S/C50H33NS/c1-3-13-34(14-4-1)36-25-29-39(30-26-36)51(40-31-27-37(28-32-40)35-15-5-2-6-16-35)48-33-47-46-24-12-23-44(42-22-11-18-38-17-7-8-19-41(38)42)49(46)52-50(47)45-21-10-9-20-43(45)48/h1-33H. The molecule has 0 radical (unpaired) electrons. The quantitative estimate of drug-likeness (QED) is 0.169. The van der Waals surface area contributed by atoms with E-state index in [0.717, 1.165) is 11.4 Å². The van der Waals surface area contributed by atoms with E-state index in [0.29, 0.717) is 0 Å². The van der Waals surface area contributed by atoms with Crippen LogP contribution in [-0.2, 0) is 0 Å². The van der Waals surface area contributed by atoms with E-state index >= 15 is 0 Å². The molecule has 1 heterocycles. The zero-order chi connectivity index (χ0) is 34.4. The molecular formula is C50H33NS. The first-order valence-electron chi connectivity index (χ1n) is 17.8. The molecule has 0 N–H and O–H groups in total. The summed E-state index contributed by atoms with van der Waals surface area (Å²) in [5.41, 5.74) is 10.8. The Balaban J connectivity index is 1.20. The van der Waals surface area contributed by atoms with Crippen LogP contribution in [0.1, 0.15) is 0 Å². The zero-order valence-corrected chi connectivity index (χ0v) is 29.2. The van der Waals surface area contributed by atoms with Crippen molar-refractivity contribution in [3.05, 3.63) is 200 Å². The molecule has 52 heavy (non-hydrogen) atoms. The van der Waals surface area contributed by atoms with Crippen LogP contribution in [0.4, 0.5) is 17.1 Å². The zero-order valence-electron chi connectivity index (χ0n) is 28.4. The predicted molar refractivity (Wildman–Crippen MR) is 225 cm³/mol. The second-order valence-corrected chi connectivity index (χ2v) is 14.3. The average Bonchev–Trinajstić information content (AvgIpc) is 3.61. The van der Waals surface area contributed by atoms with E-state index in [-0.39, 0.29) is 0 Å². The highest BCUT2D eigenvalue weighted by molar-refractivity contribution is 7.27. The third kappa shape index (κ3) is 5.16. The molecule has 0 fully saturated rings. The van der Waals surface area contributed by atoms with E-state index in [4.69, 9.17) is 0 Å². The van der Waals surface area contributed by atoms with Gasteiger partial charge in [0.1, 0.15) is 0 Å². The van der Waals surface area contributed by atoms with E-state index in [1.165, 1.54) is 80.8 Å². The molecular weight excluding hydrogens is 647 g/mol. The van der Waals surface area contributed by atoms with E-state index < -0.39 is 0 Å². The summed E-state index contributed by atoms with van der Waals surface area (Å²) in [4.78, 5) is 2.43. The minimum atomic E-state index is 1.12. The second kappa shape index (κ2) is 12.7. The van der Waals surface area contributed by atoms with E-state index in [2.05, 4.69) is 205 Å². The largest absolute Gasteiger partial charge is 0.310 e. The molecule has 244 valence electrons. The van der Waals surface area contributed by atoms with Crippen molar-refractivity contribution in [3.8, 4) is 33.4 Å². The number of fused-ring (bicyclic) bond motifs is 6. The van der Waals surface area contributed by atoms with Gasteiger partial charge in [-0.15, -0.1) is 11.3 Å². The van der Waals surface area contributed by atoms with Crippen LogP contribution in [0.25, 0.3) is 75.1 Å². The molecule has 9 aromatic carbocycles. The molecule has 1 nitrogen and oxygen atoms in total. The van der Waals surface area contributed by atoms with Gasteiger partial charge in [0.25, 0.3) is 0 Å². The van der Waals surface area contributed by atoms with Crippen LogP contribution >= 0.6 is 11.3 Å². The van der Waals surface area contributed by atoms with E-state index in [1.807, 2.05) is 11.3 Å². The van der Waals surface area contributed by atoms with Gasteiger partial charge in [0.05, 0.1) is 5.69 Å². The number of anilines is 3. The summed E-state index contributed by atoms with van der Waals surface area (Å²) in [5, 5.41) is 7.61. The molecule has 2 heteroatoms. The highest BCUT2D eigenvalue weighted by Gasteiger charge is 2.21. The Morgan fingerprint density at radius 3 is 1.42 bits per heavy atom. The van der Waals surface area contributed by atoms with Crippen LogP contribution in [0.5, 0.6) is 0 Å². The van der Waals surface area contributed by atoms with Gasteiger partial charge in [-0.2, -0.15) is 0 Å². The van der Waals surface area contributed by atoms with Gasteiger partial charge in [-0.3, -0.25) is 0 Å². The van der Waals surface area contributed by atoms with Gasteiger partial charge in [0, 0.05) is 47.9 Å². The van der Waals surface area contributed by atoms with Crippen molar-refractivity contribution in [1.29, 1.82) is 0 Å². The molecule has 0 aliphatic heterocycles. The van der Waals surface area contributed by atoms with Crippen LogP contribution in [0.3, 0.4) is 0 Å². The number of benzene rings is 9. The summed E-state index contributed by atoms with van der Waals surface area (Å²) < 4.78 is 2.64. The SMILES string of the molecule is c1ccc(-c2ccc(N(c3ccc(-c4ccccc4)cc3)c3cc4c5cccc(-c6cccc7ccccc67)c5sc4c4ccccc34)cc2)cc1. The summed E-state index contributed by atoms with van der Waals surface area (Å²) >= 11 is 1.91. The monoisotopic (exact) mass is 679 g/mol. The van der Waals surface area contributed by atoms with Gasteiger partial charge in [0.2, 0.25) is 0 Å². The Morgan fingerprint density at radius 2 is 0.769 bits per heavy atom. The van der Waals surface area contributed by atoms with Gasteiger partial charge in [-0.25, -0.2) is 0 Å². The van der Waals surface area contributed by atoms with Crippen molar-refractivity contribution in [2.24, 2.45) is 0 Å². The lowest BCUT2D eigenvalue weighted by molar-refractivity contribution is 1.30. The smallest absolute Gasteiger partial charge is 0.0547 e. The molecule has 0 bridgehead atoms. The molecule has 0 atom stereocenters. The van der Waals surface area contributed by atoms with Crippen molar-refractivity contribution in [3.63, 3.8) is 0 Å². The number of hydrogen-bond donors (Lipinski definition) is 0. The maximum Gasteiger partial charge on any atom is 0.0547 e. The maximum absolute atomic E-state index is 2.43. The van der Waals surface area contributed by atoms with Crippen LogP contribution in [0.2, 0.25) is 0 Å². The maximum atomic E-state index is 2.43. The molecule has 0 unspecified atom stereocenters. The molecule has 0 saturated heterocycles. The molecule has 10 aromatic rings. The Kier molecular flexibility index (Phi) is 7.41. The first kappa shape index (κ1) is 30.4. The average molecular weight is 680 g/mol. The van der Waals surface area contributed by atoms with Crippen LogP contribution < -0.4 is 4.90 Å². The van der Waals surface area contributed by atoms with Gasteiger partial charge in [0.15, 0.2) is 0 Å².